The Morgan fingerprint density at radius 2 is 1.66 bits per heavy atom. The lowest BCUT2D eigenvalue weighted by Crippen LogP contribution is -2.48. The van der Waals surface area contributed by atoms with E-state index in [0.29, 0.717) is 41.3 Å². The van der Waals surface area contributed by atoms with E-state index >= 15 is 0 Å². The van der Waals surface area contributed by atoms with Gasteiger partial charge in [0.1, 0.15) is 0 Å². The first-order valence-corrected chi connectivity index (χ1v) is 27.8. The van der Waals surface area contributed by atoms with Crippen LogP contribution in [0.15, 0.2) is 142 Å². The molecule has 3 fully saturated rings. The van der Waals surface area contributed by atoms with Crippen LogP contribution in [0.1, 0.15) is 180 Å². The van der Waals surface area contributed by atoms with Gasteiger partial charge in [0.2, 0.25) is 0 Å². The lowest BCUT2D eigenvalue weighted by Gasteiger charge is -2.46. The van der Waals surface area contributed by atoms with Crippen LogP contribution in [-0.2, 0) is 0 Å². The van der Waals surface area contributed by atoms with E-state index in [-0.39, 0.29) is 5.54 Å². The Morgan fingerprint density at radius 3 is 2.51 bits per heavy atom. The summed E-state index contributed by atoms with van der Waals surface area (Å²) >= 11 is 0. The minimum absolute atomic E-state index is 0.263. The third-order valence-corrected chi connectivity index (χ3v) is 19.5. The molecule has 12 aliphatic rings. The molecule has 0 bridgehead atoms. The zero-order valence-corrected chi connectivity index (χ0v) is 40.0. The highest BCUT2D eigenvalue weighted by molar-refractivity contribution is 5.56. The van der Waals surface area contributed by atoms with E-state index in [1.54, 1.807) is 28.0 Å². The molecule has 0 aromatic heterocycles. The summed E-state index contributed by atoms with van der Waals surface area (Å²) in [6.07, 6.45) is 74.8. The molecule has 2 N–H and O–H groups in total. The van der Waals surface area contributed by atoms with Crippen LogP contribution in [0, 0.1) is 35.5 Å². The summed E-state index contributed by atoms with van der Waals surface area (Å²) in [7, 11) is 0. The maximum absolute atomic E-state index is 4.50. The third-order valence-electron chi connectivity index (χ3n) is 19.5. The number of fused-ring (bicyclic) bond motifs is 2. The Morgan fingerprint density at radius 1 is 0.723 bits per heavy atom. The number of hydrogen-bond donors (Lipinski definition) is 2. The molecule has 3 nitrogen and oxygen atoms in total. The van der Waals surface area contributed by atoms with Crippen LogP contribution < -0.4 is 10.6 Å². The summed E-state index contributed by atoms with van der Waals surface area (Å²) in [6, 6.07) is 1.09. The molecule has 0 aromatic rings. The van der Waals surface area contributed by atoms with Gasteiger partial charge < -0.3 is 15.5 Å². The molecule has 1 saturated heterocycles. The van der Waals surface area contributed by atoms with Gasteiger partial charge in [0.25, 0.3) is 0 Å². The van der Waals surface area contributed by atoms with Gasteiger partial charge in [-0.3, -0.25) is 0 Å². The summed E-state index contributed by atoms with van der Waals surface area (Å²) in [5, 5.41) is 8.83. The van der Waals surface area contributed by atoms with E-state index in [1.165, 1.54) is 165 Å². The summed E-state index contributed by atoms with van der Waals surface area (Å²) in [6.45, 7) is 0. The van der Waals surface area contributed by atoms with Crippen molar-refractivity contribution in [1.29, 1.82) is 0 Å². The van der Waals surface area contributed by atoms with Crippen LogP contribution in [0.3, 0.4) is 0 Å². The average Bonchev–Trinajstić information content (AvgIpc) is 3.83. The lowest BCUT2D eigenvalue weighted by molar-refractivity contribution is 0.120. The van der Waals surface area contributed by atoms with Crippen molar-refractivity contribution in [3.63, 3.8) is 0 Å². The number of nitrogens with one attached hydrogen (secondary N) is 2. The van der Waals surface area contributed by atoms with Crippen molar-refractivity contribution >= 4 is 0 Å². The van der Waals surface area contributed by atoms with Crippen LogP contribution in [0.25, 0.3) is 0 Å². The largest absolute Gasteiger partial charge is 0.361 e. The van der Waals surface area contributed by atoms with Crippen molar-refractivity contribution in [3.8, 4) is 0 Å². The van der Waals surface area contributed by atoms with E-state index in [1.807, 2.05) is 11.1 Å². The van der Waals surface area contributed by atoms with E-state index in [0.717, 1.165) is 37.5 Å². The number of nitrogens with zero attached hydrogens (tertiary/aromatic N) is 1. The normalized spacial score (nSPS) is 38.2. The van der Waals surface area contributed by atoms with Crippen LogP contribution in [0.4, 0.5) is 0 Å². The topological polar surface area (TPSA) is 37.2 Å². The molecule has 12 rings (SSSR count). The molecule has 0 amide bonds. The fraction of sp³-hybridized carbons (Fsp3) is 0.613. The molecule has 2 saturated carbocycles. The first kappa shape index (κ1) is 42.8. The Bertz CT molecular complexity index is 2220. The zero-order chi connectivity index (χ0) is 43.2. The highest BCUT2D eigenvalue weighted by Gasteiger charge is 2.70. The van der Waals surface area contributed by atoms with Gasteiger partial charge in [-0.1, -0.05) is 116 Å². The van der Waals surface area contributed by atoms with Gasteiger partial charge in [-0.05, 0) is 207 Å². The SMILES string of the molecule is C1=CCCC(C2=C(C3CCCC4C3C3=C(C=CCC3)N4C3C=CCC4(C3)N[C@]4(CC3C=CCCC3)C3CCCCC3)CCC=C2NC2=CC(C3CC=CCC3)=CC(C3=CCCCC3)C2)=C1. The molecule has 65 heavy (non-hydrogen) atoms. The van der Waals surface area contributed by atoms with Crippen molar-refractivity contribution in [3.05, 3.63) is 142 Å². The smallest absolute Gasteiger partial charge is 0.0494 e. The molecule has 2 aliphatic heterocycles. The monoisotopic (exact) mass is 868 g/mol. The number of rotatable bonds is 10. The quantitative estimate of drug-likeness (QED) is 0.170. The zero-order valence-electron chi connectivity index (χ0n) is 40.0. The molecular formula is C62H81N3. The fourth-order valence-corrected chi connectivity index (χ4v) is 16.5. The first-order chi connectivity index (χ1) is 32.2. The Kier molecular flexibility index (Phi) is 12.2. The van der Waals surface area contributed by atoms with Gasteiger partial charge in [0, 0.05) is 57.7 Å². The summed E-state index contributed by atoms with van der Waals surface area (Å²) < 4.78 is 0. The van der Waals surface area contributed by atoms with Crippen molar-refractivity contribution in [2.75, 3.05) is 0 Å². The van der Waals surface area contributed by atoms with Gasteiger partial charge in [-0.15, -0.1) is 0 Å². The lowest BCUT2D eigenvalue weighted by atomic mass is 9.65. The molecule has 0 radical (unpaired) electrons. The van der Waals surface area contributed by atoms with E-state index in [2.05, 4.69) is 107 Å². The molecule has 8 unspecified atom stereocenters. The van der Waals surface area contributed by atoms with E-state index in [9.17, 15) is 0 Å². The standard InChI is InChI=1S/C62H81N3/c1-6-21-44(22-7-1)42-62(50-29-14-5-15-30-50)61(64-62)38-20-31-52(43-61)65-57-36-17-16-32-55(57)60-54(34-19-37-58(60)65)53-33-18-35-56(59(53)47-27-12-4-13-28-47)63-51-40-48(45-23-8-2-9-24-45)39-49(41-51)46-25-10-3-11-26-46/h2,4,6,8,12,17,20-21,25,27,31,35-36,39-40,44-45,49-50,52,54,58,60,63-64H,1,3,5,7,9-11,13-16,18-19,22-24,26,28-30,32-34,37-38,41-43H2/t44?,45?,49?,52?,54?,58?,60?,61?,62-/m1/s1. The highest BCUT2D eigenvalue weighted by Crippen LogP contribution is 2.61. The van der Waals surface area contributed by atoms with Crippen LogP contribution >= 0.6 is 0 Å². The Hall–Kier alpha value is -3.56. The summed E-state index contributed by atoms with van der Waals surface area (Å²) in [4.78, 5) is 3.08. The van der Waals surface area contributed by atoms with Crippen LogP contribution in [-0.4, -0.2) is 28.1 Å². The van der Waals surface area contributed by atoms with Crippen molar-refractivity contribution < 1.29 is 0 Å². The van der Waals surface area contributed by atoms with Gasteiger partial charge in [0.15, 0.2) is 0 Å². The molecular weight excluding hydrogens is 787 g/mol. The fourth-order valence-electron chi connectivity index (χ4n) is 16.5. The third kappa shape index (κ3) is 8.12. The second-order valence-electron chi connectivity index (χ2n) is 23.1. The van der Waals surface area contributed by atoms with E-state index < -0.39 is 0 Å². The maximum Gasteiger partial charge on any atom is 0.0494 e. The molecule has 0 aromatic carbocycles. The number of allylic oxidation sites excluding steroid dienone is 18. The second kappa shape index (κ2) is 18.5. The Balaban J connectivity index is 0.865. The molecule has 10 aliphatic carbocycles. The summed E-state index contributed by atoms with van der Waals surface area (Å²) in [5.41, 5.74) is 15.3. The maximum atomic E-state index is 4.50. The van der Waals surface area contributed by atoms with Gasteiger partial charge in [0.05, 0.1) is 0 Å². The van der Waals surface area contributed by atoms with Crippen molar-refractivity contribution in [1.82, 2.24) is 15.5 Å². The van der Waals surface area contributed by atoms with Crippen LogP contribution in [0.5, 0.6) is 0 Å². The summed E-state index contributed by atoms with van der Waals surface area (Å²) in [5.74, 6) is 4.04. The predicted octanol–water partition coefficient (Wildman–Crippen LogP) is 15.3. The minimum atomic E-state index is 0.263. The molecule has 344 valence electrons. The van der Waals surface area contributed by atoms with Gasteiger partial charge in [-0.2, -0.15) is 0 Å². The molecule has 2 heterocycles. The molecule has 1 spiro atoms. The van der Waals surface area contributed by atoms with E-state index in [4.69, 9.17) is 0 Å². The second-order valence-corrected chi connectivity index (χ2v) is 23.1. The predicted molar refractivity (Wildman–Crippen MR) is 272 cm³/mol. The number of hydrogen-bond acceptors (Lipinski definition) is 3. The average molecular weight is 868 g/mol. The Labute approximate surface area is 394 Å². The van der Waals surface area contributed by atoms with Crippen molar-refractivity contribution in [2.24, 2.45) is 35.5 Å². The molecule has 3 heteroatoms. The highest BCUT2D eigenvalue weighted by atomic mass is 15.3. The first-order valence-electron chi connectivity index (χ1n) is 27.8. The minimum Gasteiger partial charge on any atom is -0.361 e. The van der Waals surface area contributed by atoms with Crippen molar-refractivity contribution in [2.45, 2.75) is 203 Å². The molecule has 9 atom stereocenters. The van der Waals surface area contributed by atoms with Gasteiger partial charge in [-0.25, -0.2) is 0 Å². The van der Waals surface area contributed by atoms with Crippen LogP contribution in [0.2, 0.25) is 0 Å². The van der Waals surface area contributed by atoms with Gasteiger partial charge >= 0.3 is 0 Å².